The molecule has 0 aliphatic carbocycles. The first kappa shape index (κ1) is 20.9. The van der Waals surface area contributed by atoms with Crippen molar-refractivity contribution in [2.24, 2.45) is 0 Å². The van der Waals surface area contributed by atoms with Crippen LogP contribution in [0.1, 0.15) is 17.5 Å². The van der Waals surface area contributed by atoms with Gasteiger partial charge in [-0.3, -0.25) is 4.79 Å². The molecule has 0 aliphatic rings. The molecule has 0 heterocycles. The lowest BCUT2D eigenvalue weighted by Crippen LogP contribution is -2.09. The fourth-order valence-electron chi connectivity index (χ4n) is 2.97. The molecule has 0 N–H and O–H groups in total. The van der Waals surface area contributed by atoms with E-state index in [-0.39, 0.29) is 12.4 Å². The zero-order chi connectivity index (χ0) is 20.8. The predicted molar refractivity (Wildman–Crippen MR) is 118 cm³/mol. The van der Waals surface area contributed by atoms with Crippen molar-refractivity contribution in [1.29, 1.82) is 0 Å². The minimum atomic E-state index is -0.283. The summed E-state index contributed by atoms with van der Waals surface area (Å²) in [6.07, 6.45) is 0.787. The van der Waals surface area contributed by atoms with E-state index in [4.69, 9.17) is 14.2 Å². The van der Waals surface area contributed by atoms with Crippen molar-refractivity contribution >= 4 is 21.9 Å². The largest absolute Gasteiger partial charge is 0.493 e. The van der Waals surface area contributed by atoms with E-state index in [1.807, 2.05) is 36.4 Å². The Labute approximate surface area is 179 Å². The summed E-state index contributed by atoms with van der Waals surface area (Å²) in [5, 5.41) is 0. The van der Waals surface area contributed by atoms with Gasteiger partial charge in [-0.15, -0.1) is 0 Å². The first-order valence-corrected chi connectivity index (χ1v) is 10.1. The molecule has 0 saturated carbocycles. The summed E-state index contributed by atoms with van der Waals surface area (Å²) in [6.45, 7) is 2.06. The second-order valence-electron chi connectivity index (χ2n) is 6.66. The zero-order valence-corrected chi connectivity index (χ0v) is 18.3. The van der Waals surface area contributed by atoms with Gasteiger partial charge in [-0.2, -0.15) is 0 Å². The van der Waals surface area contributed by atoms with Gasteiger partial charge in [-0.1, -0.05) is 57.9 Å². The predicted octanol–water partition coefficient (Wildman–Crippen LogP) is 5.98. The van der Waals surface area contributed by atoms with E-state index in [0.717, 1.165) is 21.2 Å². The summed E-state index contributed by atoms with van der Waals surface area (Å²) in [5.41, 5.74) is 4.39. The second kappa shape index (κ2) is 9.61. The number of ether oxygens (including phenoxy) is 3. The highest BCUT2D eigenvalue weighted by molar-refractivity contribution is 9.10. The van der Waals surface area contributed by atoms with E-state index in [2.05, 4.69) is 47.1 Å². The number of aryl methyl sites for hydroxylation is 2. The summed E-state index contributed by atoms with van der Waals surface area (Å²) in [5.74, 6) is 1.53. The van der Waals surface area contributed by atoms with Crippen LogP contribution in [0.2, 0.25) is 0 Å². The Balaban J connectivity index is 1.60. The van der Waals surface area contributed by atoms with Gasteiger partial charge >= 0.3 is 5.97 Å². The van der Waals surface area contributed by atoms with E-state index in [1.54, 1.807) is 14.2 Å². The Morgan fingerprint density at radius 3 is 2.00 bits per heavy atom. The van der Waals surface area contributed by atoms with Crippen molar-refractivity contribution in [2.45, 2.75) is 19.8 Å². The molecule has 150 valence electrons. The maximum atomic E-state index is 12.3. The maximum absolute atomic E-state index is 12.3. The average Bonchev–Trinajstić information content (AvgIpc) is 2.73. The molecule has 0 fully saturated rings. The molecule has 0 amide bonds. The SMILES string of the molecule is COc1cc(Br)c(CCC(=O)Oc2ccc(-c3ccc(C)cc3)cc2)cc1OC. The Hall–Kier alpha value is -2.79. The third-order valence-corrected chi connectivity index (χ3v) is 5.36. The molecule has 4 nitrogen and oxygen atoms in total. The van der Waals surface area contributed by atoms with Gasteiger partial charge < -0.3 is 14.2 Å². The quantitative estimate of drug-likeness (QED) is 0.325. The van der Waals surface area contributed by atoms with Crippen LogP contribution in [0.25, 0.3) is 11.1 Å². The third-order valence-electron chi connectivity index (χ3n) is 4.62. The number of carbonyl (C=O) groups excluding carboxylic acids is 1. The minimum absolute atomic E-state index is 0.258. The Kier molecular flexibility index (Phi) is 6.94. The lowest BCUT2D eigenvalue weighted by molar-refractivity contribution is -0.134. The van der Waals surface area contributed by atoms with Gasteiger partial charge in [0.05, 0.1) is 20.6 Å². The van der Waals surface area contributed by atoms with Gasteiger partial charge in [0.15, 0.2) is 11.5 Å². The first-order valence-electron chi connectivity index (χ1n) is 9.28. The van der Waals surface area contributed by atoms with Crippen LogP contribution >= 0.6 is 15.9 Å². The van der Waals surface area contributed by atoms with Crippen LogP contribution in [0.4, 0.5) is 0 Å². The van der Waals surface area contributed by atoms with Crippen molar-refractivity contribution in [3.8, 4) is 28.4 Å². The Morgan fingerprint density at radius 1 is 0.862 bits per heavy atom. The van der Waals surface area contributed by atoms with Crippen LogP contribution in [-0.2, 0) is 11.2 Å². The number of halogens is 1. The molecule has 0 aliphatic heterocycles. The molecular weight excluding hydrogens is 432 g/mol. The maximum Gasteiger partial charge on any atom is 0.311 e. The summed E-state index contributed by atoms with van der Waals surface area (Å²) in [4.78, 5) is 12.3. The van der Waals surface area contributed by atoms with E-state index < -0.39 is 0 Å². The van der Waals surface area contributed by atoms with Gasteiger partial charge in [0.25, 0.3) is 0 Å². The minimum Gasteiger partial charge on any atom is -0.493 e. The molecule has 0 aromatic heterocycles. The topological polar surface area (TPSA) is 44.8 Å². The molecule has 3 rings (SSSR count). The van der Waals surface area contributed by atoms with Gasteiger partial charge in [0, 0.05) is 4.47 Å². The first-order chi connectivity index (χ1) is 14.0. The third kappa shape index (κ3) is 5.39. The van der Waals surface area contributed by atoms with Gasteiger partial charge in [-0.05, 0) is 54.3 Å². The van der Waals surface area contributed by atoms with Crippen molar-refractivity contribution in [3.63, 3.8) is 0 Å². The molecule has 0 bridgehead atoms. The Morgan fingerprint density at radius 2 is 1.41 bits per heavy atom. The van der Waals surface area contributed by atoms with Crippen LogP contribution in [0.5, 0.6) is 17.2 Å². The second-order valence-corrected chi connectivity index (χ2v) is 7.52. The highest BCUT2D eigenvalue weighted by atomic mass is 79.9. The molecule has 29 heavy (non-hydrogen) atoms. The summed E-state index contributed by atoms with van der Waals surface area (Å²) < 4.78 is 16.9. The van der Waals surface area contributed by atoms with Crippen molar-refractivity contribution in [2.75, 3.05) is 14.2 Å². The number of rotatable bonds is 7. The van der Waals surface area contributed by atoms with Crippen LogP contribution in [0.15, 0.2) is 65.1 Å². The normalized spacial score (nSPS) is 10.5. The highest BCUT2D eigenvalue weighted by Crippen LogP contribution is 2.34. The standard InChI is InChI=1S/C24H23BrO4/c1-16-4-6-17(7-5-16)18-8-11-20(12-9-18)29-24(26)13-10-19-14-22(27-2)23(28-3)15-21(19)25/h4-9,11-12,14-15H,10,13H2,1-3H3. The lowest BCUT2D eigenvalue weighted by atomic mass is 10.0. The molecular formula is C24H23BrO4. The average molecular weight is 455 g/mol. The number of hydrogen-bond donors (Lipinski definition) is 0. The van der Waals surface area contributed by atoms with Crippen LogP contribution in [0, 0.1) is 6.92 Å². The van der Waals surface area contributed by atoms with Crippen molar-refractivity contribution in [1.82, 2.24) is 0 Å². The molecule has 3 aromatic rings. The molecule has 0 spiro atoms. The number of hydrogen-bond acceptors (Lipinski definition) is 4. The van der Waals surface area contributed by atoms with E-state index in [1.165, 1.54) is 5.56 Å². The fourth-order valence-corrected chi connectivity index (χ4v) is 3.49. The van der Waals surface area contributed by atoms with Crippen LogP contribution in [0.3, 0.4) is 0 Å². The monoisotopic (exact) mass is 454 g/mol. The number of carbonyl (C=O) groups is 1. The number of esters is 1. The van der Waals surface area contributed by atoms with Crippen LogP contribution < -0.4 is 14.2 Å². The summed E-state index contributed by atoms with van der Waals surface area (Å²) >= 11 is 3.52. The van der Waals surface area contributed by atoms with Crippen molar-refractivity contribution in [3.05, 3.63) is 76.3 Å². The lowest BCUT2D eigenvalue weighted by Gasteiger charge is -2.12. The summed E-state index contributed by atoms with van der Waals surface area (Å²) in [7, 11) is 3.18. The smallest absolute Gasteiger partial charge is 0.311 e. The van der Waals surface area contributed by atoms with E-state index in [0.29, 0.717) is 23.7 Å². The van der Waals surface area contributed by atoms with Gasteiger partial charge in [0.2, 0.25) is 0 Å². The summed E-state index contributed by atoms with van der Waals surface area (Å²) in [6, 6.07) is 19.6. The van der Waals surface area contributed by atoms with E-state index in [9.17, 15) is 4.79 Å². The molecule has 0 unspecified atom stereocenters. The van der Waals surface area contributed by atoms with Gasteiger partial charge in [-0.25, -0.2) is 0 Å². The van der Waals surface area contributed by atoms with Crippen molar-refractivity contribution < 1.29 is 19.0 Å². The molecule has 0 saturated heterocycles. The number of methoxy groups -OCH3 is 2. The zero-order valence-electron chi connectivity index (χ0n) is 16.7. The molecule has 0 radical (unpaired) electrons. The fraction of sp³-hybridized carbons (Fsp3) is 0.208. The molecule has 0 atom stereocenters. The van der Waals surface area contributed by atoms with Gasteiger partial charge in [0.1, 0.15) is 5.75 Å². The van der Waals surface area contributed by atoms with Crippen LogP contribution in [-0.4, -0.2) is 20.2 Å². The highest BCUT2D eigenvalue weighted by Gasteiger charge is 2.12. The van der Waals surface area contributed by atoms with E-state index >= 15 is 0 Å². The molecule has 3 aromatic carbocycles. The number of benzene rings is 3. The Bertz CT molecular complexity index is 979. The molecule has 5 heteroatoms.